The van der Waals surface area contributed by atoms with Gasteiger partial charge in [-0.2, -0.15) is 0 Å². The normalized spacial score (nSPS) is 16.1. The van der Waals surface area contributed by atoms with Crippen molar-refractivity contribution in [1.29, 1.82) is 0 Å². The molecule has 4 rings (SSSR count). The van der Waals surface area contributed by atoms with Gasteiger partial charge in [-0.05, 0) is 37.3 Å². The molecule has 1 amide bonds. The Labute approximate surface area is 168 Å². The van der Waals surface area contributed by atoms with E-state index >= 15 is 0 Å². The van der Waals surface area contributed by atoms with Gasteiger partial charge < -0.3 is 9.32 Å². The van der Waals surface area contributed by atoms with Gasteiger partial charge in [0.15, 0.2) is 0 Å². The third kappa shape index (κ3) is 3.93. The number of carbonyl (C=O) groups excluding carboxylic acids is 1. The third-order valence-electron chi connectivity index (χ3n) is 5.04. The predicted molar refractivity (Wildman–Crippen MR) is 107 cm³/mol. The minimum Gasteiger partial charge on any atom is -0.419 e. The van der Waals surface area contributed by atoms with E-state index in [0.717, 1.165) is 24.2 Å². The van der Waals surface area contributed by atoms with Crippen LogP contribution < -0.4 is 0 Å². The van der Waals surface area contributed by atoms with Crippen LogP contribution in [-0.2, 0) is 0 Å². The summed E-state index contributed by atoms with van der Waals surface area (Å²) in [5.41, 5.74) is 1.53. The van der Waals surface area contributed by atoms with Gasteiger partial charge in [0, 0.05) is 42.3 Å². The van der Waals surface area contributed by atoms with Gasteiger partial charge in [-0.3, -0.25) is 9.69 Å². The first-order valence-electron chi connectivity index (χ1n) is 9.29. The predicted octanol–water partition coefficient (Wildman–Crippen LogP) is 3.91. The van der Waals surface area contributed by atoms with E-state index in [4.69, 9.17) is 16.0 Å². The fourth-order valence-electron chi connectivity index (χ4n) is 3.37. The van der Waals surface area contributed by atoms with E-state index in [9.17, 15) is 4.79 Å². The number of hydrogen-bond acceptors (Lipinski definition) is 5. The molecule has 0 radical (unpaired) electrons. The highest BCUT2D eigenvalue weighted by atomic mass is 35.5. The molecule has 3 aromatic rings. The highest BCUT2D eigenvalue weighted by Gasteiger charge is 2.28. The monoisotopic (exact) mass is 396 g/mol. The van der Waals surface area contributed by atoms with E-state index in [0.29, 0.717) is 29.9 Å². The summed E-state index contributed by atoms with van der Waals surface area (Å²) in [6.07, 6.45) is 0. The van der Waals surface area contributed by atoms with Crippen LogP contribution in [0.1, 0.15) is 29.2 Å². The number of benzene rings is 2. The van der Waals surface area contributed by atoms with Gasteiger partial charge in [-0.1, -0.05) is 35.9 Å². The number of amides is 1. The molecule has 1 aromatic heterocycles. The van der Waals surface area contributed by atoms with Crippen LogP contribution in [0.15, 0.2) is 59.0 Å². The van der Waals surface area contributed by atoms with Crippen LogP contribution >= 0.6 is 11.6 Å². The van der Waals surface area contributed by atoms with Crippen LogP contribution in [0.4, 0.5) is 0 Å². The van der Waals surface area contributed by atoms with E-state index in [1.54, 1.807) is 12.1 Å². The van der Waals surface area contributed by atoms with Gasteiger partial charge in [-0.15, -0.1) is 10.2 Å². The summed E-state index contributed by atoms with van der Waals surface area (Å²) < 4.78 is 5.88. The van der Waals surface area contributed by atoms with Gasteiger partial charge in [0.2, 0.25) is 11.8 Å². The Kier molecular flexibility index (Phi) is 5.41. The van der Waals surface area contributed by atoms with Crippen LogP contribution in [0.2, 0.25) is 5.02 Å². The number of rotatable bonds is 4. The average molecular weight is 397 g/mol. The number of halogens is 1. The second-order valence-corrected chi connectivity index (χ2v) is 7.26. The lowest BCUT2D eigenvalue weighted by Gasteiger charge is -2.36. The molecule has 0 aliphatic carbocycles. The molecule has 1 unspecified atom stereocenters. The molecule has 0 N–H and O–H groups in total. The maximum Gasteiger partial charge on any atom is 0.253 e. The Morgan fingerprint density at radius 2 is 1.79 bits per heavy atom. The second-order valence-electron chi connectivity index (χ2n) is 6.83. The first kappa shape index (κ1) is 18.7. The van der Waals surface area contributed by atoms with Gasteiger partial charge in [0.05, 0.1) is 6.04 Å². The van der Waals surface area contributed by atoms with E-state index in [-0.39, 0.29) is 11.9 Å². The number of piperazine rings is 1. The van der Waals surface area contributed by atoms with Crippen molar-refractivity contribution >= 4 is 17.5 Å². The SMILES string of the molecule is CC(c1nnc(-c2cccc(Cl)c2)o1)N1CCN(C(=O)c2ccccc2)CC1. The number of aromatic nitrogens is 2. The zero-order chi connectivity index (χ0) is 19.5. The molecule has 1 fully saturated rings. The maximum atomic E-state index is 12.6. The zero-order valence-electron chi connectivity index (χ0n) is 15.6. The fraction of sp³-hybridized carbons (Fsp3) is 0.286. The summed E-state index contributed by atoms with van der Waals surface area (Å²) in [6, 6.07) is 16.7. The van der Waals surface area contributed by atoms with E-state index in [2.05, 4.69) is 15.1 Å². The largest absolute Gasteiger partial charge is 0.419 e. The number of nitrogens with zero attached hydrogens (tertiary/aromatic N) is 4. The lowest BCUT2D eigenvalue weighted by atomic mass is 10.1. The molecule has 2 aromatic carbocycles. The molecule has 144 valence electrons. The van der Waals surface area contributed by atoms with Gasteiger partial charge in [0.1, 0.15) is 0 Å². The molecule has 1 aliphatic heterocycles. The Bertz CT molecular complexity index is 952. The molecule has 6 nitrogen and oxygen atoms in total. The summed E-state index contributed by atoms with van der Waals surface area (Å²) in [5.74, 6) is 1.11. The van der Waals surface area contributed by atoms with Crippen molar-refractivity contribution in [2.75, 3.05) is 26.2 Å². The minimum absolute atomic E-state index is 0.0191. The zero-order valence-corrected chi connectivity index (χ0v) is 16.3. The van der Waals surface area contributed by atoms with Crippen molar-refractivity contribution in [1.82, 2.24) is 20.0 Å². The Hall–Kier alpha value is -2.70. The molecule has 0 bridgehead atoms. The van der Waals surface area contributed by atoms with Crippen molar-refractivity contribution < 1.29 is 9.21 Å². The Balaban J connectivity index is 1.39. The lowest BCUT2D eigenvalue weighted by Crippen LogP contribution is -2.49. The van der Waals surface area contributed by atoms with Crippen LogP contribution in [0.3, 0.4) is 0 Å². The Morgan fingerprint density at radius 3 is 2.50 bits per heavy atom. The number of carbonyl (C=O) groups is 1. The van der Waals surface area contributed by atoms with E-state index in [1.807, 2.05) is 54.3 Å². The molecule has 1 saturated heterocycles. The maximum absolute atomic E-state index is 12.6. The standard InChI is InChI=1S/C21H21ClN4O2/c1-15(19-23-24-20(28-19)17-8-5-9-18(22)14-17)25-10-12-26(13-11-25)21(27)16-6-3-2-4-7-16/h2-9,14-15H,10-13H2,1H3. The summed E-state index contributed by atoms with van der Waals surface area (Å²) in [7, 11) is 0. The highest BCUT2D eigenvalue weighted by Crippen LogP contribution is 2.26. The first-order chi connectivity index (χ1) is 13.6. The topological polar surface area (TPSA) is 62.5 Å². The third-order valence-corrected chi connectivity index (χ3v) is 5.27. The summed E-state index contributed by atoms with van der Waals surface area (Å²) in [5, 5.41) is 9.01. The van der Waals surface area contributed by atoms with Crippen LogP contribution in [0.5, 0.6) is 0 Å². The number of hydrogen-bond donors (Lipinski definition) is 0. The Morgan fingerprint density at radius 1 is 1.04 bits per heavy atom. The van der Waals surface area contributed by atoms with Crippen LogP contribution in [0.25, 0.3) is 11.5 Å². The first-order valence-corrected chi connectivity index (χ1v) is 9.67. The van der Waals surface area contributed by atoms with Crippen molar-refractivity contribution in [3.05, 3.63) is 71.1 Å². The second kappa shape index (κ2) is 8.12. The van der Waals surface area contributed by atoms with Gasteiger partial charge in [0.25, 0.3) is 5.91 Å². The minimum atomic E-state index is -0.0191. The fourth-order valence-corrected chi connectivity index (χ4v) is 3.56. The van der Waals surface area contributed by atoms with Crippen molar-refractivity contribution in [3.63, 3.8) is 0 Å². The summed E-state index contributed by atoms with van der Waals surface area (Å²) in [6.45, 7) is 4.91. The summed E-state index contributed by atoms with van der Waals surface area (Å²) >= 11 is 6.04. The molecule has 1 atom stereocenters. The van der Waals surface area contributed by atoms with Gasteiger partial charge >= 0.3 is 0 Å². The quantitative estimate of drug-likeness (QED) is 0.669. The average Bonchev–Trinajstić information content (AvgIpc) is 3.24. The van der Waals surface area contributed by atoms with E-state index in [1.165, 1.54) is 0 Å². The molecule has 0 saturated carbocycles. The molecular weight excluding hydrogens is 376 g/mol. The lowest BCUT2D eigenvalue weighted by molar-refractivity contribution is 0.0559. The molecule has 0 spiro atoms. The molecule has 28 heavy (non-hydrogen) atoms. The molecule has 7 heteroatoms. The molecule has 1 aliphatic rings. The van der Waals surface area contributed by atoms with Crippen molar-refractivity contribution in [2.45, 2.75) is 13.0 Å². The van der Waals surface area contributed by atoms with E-state index < -0.39 is 0 Å². The van der Waals surface area contributed by atoms with Crippen LogP contribution in [-0.4, -0.2) is 52.1 Å². The van der Waals surface area contributed by atoms with Crippen LogP contribution in [0, 0.1) is 0 Å². The molecular formula is C21H21ClN4O2. The highest BCUT2D eigenvalue weighted by molar-refractivity contribution is 6.30. The smallest absolute Gasteiger partial charge is 0.253 e. The van der Waals surface area contributed by atoms with Crippen molar-refractivity contribution in [3.8, 4) is 11.5 Å². The van der Waals surface area contributed by atoms with Crippen molar-refractivity contribution in [2.24, 2.45) is 0 Å². The molecule has 2 heterocycles. The van der Waals surface area contributed by atoms with Gasteiger partial charge in [-0.25, -0.2) is 0 Å². The summed E-state index contributed by atoms with van der Waals surface area (Å²) in [4.78, 5) is 16.7.